The SMILES string of the molecule is CC1=CCN(c2cc(C)c(NC(=O)CC(C)(C)C)c(CCc3cc(N4CCCc5cc(O[C@H](C)C(F)(F)F)ccc5C4)cc(C)c3NC(=O)CC(C)(C)C)c2)Cc2ccc(F)cc21. The monoisotopic (exact) mass is 868 g/mol. The number of amides is 2. The molecule has 7 nitrogen and oxygen atoms in total. The van der Waals surface area contributed by atoms with E-state index in [2.05, 4.69) is 50.8 Å². The maximum atomic E-state index is 14.3. The van der Waals surface area contributed by atoms with Gasteiger partial charge in [-0.1, -0.05) is 59.8 Å². The second kappa shape index (κ2) is 18.8. The zero-order valence-corrected chi connectivity index (χ0v) is 38.6. The summed E-state index contributed by atoms with van der Waals surface area (Å²) in [5.41, 5.74) is 11.8. The van der Waals surface area contributed by atoms with Gasteiger partial charge >= 0.3 is 6.18 Å². The van der Waals surface area contributed by atoms with E-state index in [4.69, 9.17) is 4.74 Å². The third-order valence-corrected chi connectivity index (χ3v) is 11.8. The highest BCUT2D eigenvalue weighted by atomic mass is 19.4. The minimum Gasteiger partial charge on any atom is -0.481 e. The van der Waals surface area contributed by atoms with E-state index in [-0.39, 0.29) is 34.2 Å². The number of hydrogen-bond acceptors (Lipinski definition) is 5. The van der Waals surface area contributed by atoms with Crippen LogP contribution in [-0.2, 0) is 41.9 Å². The van der Waals surface area contributed by atoms with E-state index < -0.39 is 12.3 Å². The fourth-order valence-electron chi connectivity index (χ4n) is 8.57. The van der Waals surface area contributed by atoms with Gasteiger partial charge in [-0.15, -0.1) is 0 Å². The number of anilines is 4. The number of nitrogens with one attached hydrogen (secondary N) is 2. The number of halogens is 4. The highest BCUT2D eigenvalue weighted by Crippen LogP contribution is 2.37. The maximum Gasteiger partial charge on any atom is 0.425 e. The Morgan fingerprint density at radius 2 is 1.25 bits per heavy atom. The Kier molecular flexibility index (Phi) is 14.1. The number of hydrogen-bond donors (Lipinski definition) is 2. The van der Waals surface area contributed by atoms with Crippen molar-refractivity contribution in [1.29, 1.82) is 0 Å². The molecule has 11 heteroatoms. The van der Waals surface area contributed by atoms with Gasteiger partial charge in [-0.2, -0.15) is 13.2 Å². The van der Waals surface area contributed by atoms with Crippen molar-refractivity contribution < 1.29 is 31.9 Å². The third kappa shape index (κ3) is 12.4. The zero-order chi connectivity index (χ0) is 46.0. The molecule has 2 N–H and O–H groups in total. The normalized spacial score (nSPS) is 15.1. The van der Waals surface area contributed by atoms with Gasteiger partial charge in [0.15, 0.2) is 6.10 Å². The van der Waals surface area contributed by atoms with Gasteiger partial charge in [0, 0.05) is 61.8 Å². The molecule has 0 radical (unpaired) electrons. The smallest absolute Gasteiger partial charge is 0.425 e. The highest BCUT2D eigenvalue weighted by Gasteiger charge is 2.38. The summed E-state index contributed by atoms with van der Waals surface area (Å²) in [5.74, 6) is -0.193. The van der Waals surface area contributed by atoms with E-state index in [1.54, 1.807) is 18.2 Å². The Morgan fingerprint density at radius 1 is 0.714 bits per heavy atom. The summed E-state index contributed by atoms with van der Waals surface area (Å²) in [5, 5.41) is 6.55. The lowest BCUT2D eigenvalue weighted by atomic mass is 9.91. The summed E-state index contributed by atoms with van der Waals surface area (Å²) in [7, 11) is 0. The molecule has 63 heavy (non-hydrogen) atoms. The first kappa shape index (κ1) is 47.2. The summed E-state index contributed by atoms with van der Waals surface area (Å²) < 4.78 is 59.5. The molecule has 4 aromatic rings. The number of fused-ring (bicyclic) bond motifs is 2. The molecule has 2 amide bonds. The molecule has 0 unspecified atom stereocenters. The van der Waals surface area contributed by atoms with Crippen LogP contribution in [0, 0.1) is 30.5 Å². The molecule has 2 heterocycles. The van der Waals surface area contributed by atoms with Crippen LogP contribution in [-0.4, -0.2) is 37.2 Å². The van der Waals surface area contributed by atoms with Crippen LogP contribution in [0.4, 0.5) is 40.3 Å². The minimum atomic E-state index is -4.46. The number of alkyl halides is 3. The standard InChI is InChI=1S/C52H64F4N4O3/c1-32-19-21-60(31-40-15-17-41(53)27-45(32)40)43-23-34(3)49(58-47(62)29-51(8,9)10)38(25-43)14-13-37-24-42(22-33(2)48(37)57-46(61)28-50(5,6)7)59-20-11-12-36-26-44(18-16-39(36)30-59)63-35(4)52(54,55)56/h15-19,22-27,35H,11-14,20-21,28-31H2,1-10H3,(H,57,61)(H,58,62)/t35-/m1/s1. The molecule has 0 saturated heterocycles. The van der Waals surface area contributed by atoms with Gasteiger partial charge in [-0.05, 0) is 163 Å². The van der Waals surface area contributed by atoms with Crippen LogP contribution in [0.25, 0.3) is 5.57 Å². The number of carbonyl (C=O) groups is 2. The van der Waals surface area contributed by atoms with Gasteiger partial charge in [0.2, 0.25) is 11.8 Å². The highest BCUT2D eigenvalue weighted by molar-refractivity contribution is 5.94. The molecule has 6 rings (SSSR count). The molecule has 0 aromatic heterocycles. The van der Waals surface area contributed by atoms with Crippen LogP contribution in [0.3, 0.4) is 0 Å². The predicted molar refractivity (Wildman–Crippen MR) is 248 cm³/mol. The molecule has 338 valence electrons. The molecule has 0 saturated carbocycles. The zero-order valence-electron chi connectivity index (χ0n) is 38.6. The van der Waals surface area contributed by atoms with Crippen LogP contribution in [0.2, 0.25) is 0 Å². The van der Waals surface area contributed by atoms with Crippen LogP contribution in [0.15, 0.2) is 66.7 Å². The van der Waals surface area contributed by atoms with Crippen molar-refractivity contribution >= 4 is 40.1 Å². The van der Waals surface area contributed by atoms with Crippen molar-refractivity contribution in [2.45, 2.75) is 133 Å². The van der Waals surface area contributed by atoms with Crippen molar-refractivity contribution in [2.24, 2.45) is 10.8 Å². The molecule has 2 aliphatic rings. The topological polar surface area (TPSA) is 73.9 Å². The van der Waals surface area contributed by atoms with Crippen LogP contribution in [0.5, 0.6) is 5.75 Å². The average Bonchev–Trinajstić information content (AvgIpc) is 3.47. The van der Waals surface area contributed by atoms with E-state index >= 15 is 0 Å². The van der Waals surface area contributed by atoms with Crippen molar-refractivity contribution in [1.82, 2.24) is 0 Å². The fourth-order valence-corrected chi connectivity index (χ4v) is 8.57. The number of aryl methyl sites for hydroxylation is 5. The third-order valence-electron chi connectivity index (χ3n) is 11.8. The number of carbonyl (C=O) groups excluding carboxylic acids is 2. The summed E-state index contributed by atoms with van der Waals surface area (Å²) in [6, 6.07) is 18.7. The van der Waals surface area contributed by atoms with E-state index in [0.717, 1.165) is 92.7 Å². The van der Waals surface area contributed by atoms with Crippen molar-refractivity contribution in [3.8, 4) is 5.75 Å². The summed E-state index contributed by atoms with van der Waals surface area (Å²) in [4.78, 5) is 31.7. The molecule has 0 bridgehead atoms. The number of allylic oxidation sites excluding steroid dienone is 1. The number of ether oxygens (including phenoxy) is 1. The summed E-state index contributed by atoms with van der Waals surface area (Å²) in [6.45, 7) is 21.8. The number of benzene rings is 4. The molecular formula is C52H64F4N4O3. The first-order valence-electron chi connectivity index (χ1n) is 22.1. The molecule has 0 fully saturated rings. The van der Waals surface area contributed by atoms with E-state index in [1.807, 2.05) is 74.4 Å². The van der Waals surface area contributed by atoms with Crippen molar-refractivity contribution in [3.05, 3.63) is 117 Å². The minimum absolute atomic E-state index is 0.0631. The van der Waals surface area contributed by atoms with Crippen molar-refractivity contribution in [3.63, 3.8) is 0 Å². The van der Waals surface area contributed by atoms with Gasteiger partial charge in [-0.3, -0.25) is 9.59 Å². The van der Waals surface area contributed by atoms with Crippen molar-refractivity contribution in [2.75, 3.05) is 33.5 Å². The Balaban J connectivity index is 1.37. The second-order valence-corrected chi connectivity index (χ2v) is 20.0. The Labute approximate surface area is 371 Å². The average molecular weight is 869 g/mol. The number of nitrogens with zero attached hydrogens (tertiary/aromatic N) is 2. The van der Waals surface area contributed by atoms with E-state index in [0.29, 0.717) is 51.7 Å². The van der Waals surface area contributed by atoms with Gasteiger partial charge < -0.3 is 25.2 Å². The van der Waals surface area contributed by atoms with Gasteiger partial charge in [0.1, 0.15) is 11.6 Å². The lowest BCUT2D eigenvalue weighted by Crippen LogP contribution is -2.31. The lowest BCUT2D eigenvalue weighted by Gasteiger charge is -2.27. The number of rotatable bonds is 11. The first-order valence-corrected chi connectivity index (χ1v) is 22.1. The lowest BCUT2D eigenvalue weighted by molar-refractivity contribution is -0.189. The predicted octanol–water partition coefficient (Wildman–Crippen LogP) is 12.7. The van der Waals surface area contributed by atoms with E-state index in [9.17, 15) is 27.2 Å². The molecule has 4 aromatic carbocycles. The largest absolute Gasteiger partial charge is 0.481 e. The van der Waals surface area contributed by atoms with Gasteiger partial charge in [0.25, 0.3) is 0 Å². The second-order valence-electron chi connectivity index (χ2n) is 20.0. The molecule has 2 aliphatic heterocycles. The summed E-state index contributed by atoms with van der Waals surface area (Å²) >= 11 is 0. The van der Waals surface area contributed by atoms with Gasteiger partial charge in [0.05, 0.1) is 0 Å². The first-order chi connectivity index (χ1) is 29.4. The molecule has 0 aliphatic carbocycles. The van der Waals surface area contributed by atoms with E-state index in [1.165, 1.54) is 6.07 Å². The van der Waals surface area contributed by atoms with Crippen LogP contribution in [0.1, 0.15) is 119 Å². The maximum absolute atomic E-state index is 14.3. The molecule has 1 atom stereocenters. The quantitative estimate of drug-likeness (QED) is 0.147. The fraction of sp³-hybridized carbons (Fsp3) is 0.462. The molecular weight excluding hydrogens is 805 g/mol. The Morgan fingerprint density at radius 3 is 1.81 bits per heavy atom. The van der Waals surface area contributed by atoms with Crippen LogP contribution >= 0.6 is 0 Å². The Bertz CT molecular complexity index is 2370. The summed E-state index contributed by atoms with van der Waals surface area (Å²) in [6.07, 6.45) is -0.960. The van der Waals surface area contributed by atoms with Gasteiger partial charge in [-0.25, -0.2) is 4.39 Å². The molecule has 0 spiro atoms. The Hall–Kier alpha value is -5.32. The van der Waals surface area contributed by atoms with Crippen LogP contribution < -0.4 is 25.2 Å².